The third-order valence-corrected chi connectivity index (χ3v) is 5.36. The molecule has 150 valence electrons. The summed E-state index contributed by atoms with van der Waals surface area (Å²) in [5.41, 5.74) is 6.24. The fraction of sp³-hybridized carbons (Fsp3) is 0.333. The smallest absolute Gasteiger partial charge is 0.248 e. The second kappa shape index (κ2) is 8.62. The standard InChI is InChI=1S/C24H26N2O3/c1-3-12-29-16-18-7-5-9-21-20(18)10-11-26-23(21)14-22(25-15-24(26)27)17-6-4-8-19(13-17)28-2/h4-9,13-14H,3,10-12,15-16H2,1-2H3. The van der Waals surface area contributed by atoms with Crippen LogP contribution in [0.25, 0.3) is 5.70 Å². The van der Waals surface area contributed by atoms with E-state index in [-0.39, 0.29) is 12.5 Å². The van der Waals surface area contributed by atoms with Gasteiger partial charge in [-0.15, -0.1) is 0 Å². The van der Waals surface area contributed by atoms with Gasteiger partial charge >= 0.3 is 0 Å². The molecule has 2 aromatic rings. The number of hydrogen-bond acceptors (Lipinski definition) is 4. The number of ether oxygens (including phenoxy) is 2. The largest absolute Gasteiger partial charge is 0.497 e. The van der Waals surface area contributed by atoms with Gasteiger partial charge in [0.1, 0.15) is 12.3 Å². The lowest BCUT2D eigenvalue weighted by atomic mass is 9.91. The molecule has 0 atom stereocenters. The molecule has 0 fully saturated rings. The molecule has 0 saturated carbocycles. The van der Waals surface area contributed by atoms with E-state index in [4.69, 9.17) is 9.47 Å². The van der Waals surface area contributed by atoms with Gasteiger partial charge in [0.2, 0.25) is 5.91 Å². The molecule has 0 bridgehead atoms. The lowest BCUT2D eigenvalue weighted by Gasteiger charge is -2.32. The van der Waals surface area contributed by atoms with Gasteiger partial charge in [-0.3, -0.25) is 9.79 Å². The molecule has 2 aliphatic heterocycles. The number of carbonyl (C=O) groups is 1. The van der Waals surface area contributed by atoms with Gasteiger partial charge in [-0.25, -0.2) is 0 Å². The van der Waals surface area contributed by atoms with Gasteiger partial charge in [0.25, 0.3) is 0 Å². The van der Waals surface area contributed by atoms with E-state index in [0.29, 0.717) is 13.2 Å². The number of hydrogen-bond donors (Lipinski definition) is 0. The fourth-order valence-electron chi connectivity index (χ4n) is 3.91. The first-order chi connectivity index (χ1) is 14.2. The summed E-state index contributed by atoms with van der Waals surface area (Å²) < 4.78 is 11.2. The Bertz CT molecular complexity index is 978. The Morgan fingerprint density at radius 1 is 1.17 bits per heavy atom. The van der Waals surface area contributed by atoms with Crippen LogP contribution in [-0.2, 0) is 22.6 Å². The molecule has 1 amide bonds. The molecular formula is C24H26N2O3. The molecule has 2 aromatic carbocycles. The molecule has 0 aromatic heterocycles. The Kier molecular flexibility index (Phi) is 5.76. The topological polar surface area (TPSA) is 51.1 Å². The number of methoxy groups -OCH3 is 1. The minimum atomic E-state index is 0.0347. The molecule has 0 unspecified atom stereocenters. The van der Waals surface area contributed by atoms with E-state index < -0.39 is 0 Å². The Morgan fingerprint density at radius 2 is 2.03 bits per heavy atom. The van der Waals surface area contributed by atoms with Gasteiger partial charge in [0.15, 0.2) is 0 Å². The van der Waals surface area contributed by atoms with Gasteiger partial charge in [0.05, 0.1) is 25.1 Å². The Hall–Kier alpha value is -2.92. The van der Waals surface area contributed by atoms with Gasteiger partial charge in [-0.05, 0) is 42.2 Å². The zero-order chi connectivity index (χ0) is 20.2. The van der Waals surface area contributed by atoms with Crippen LogP contribution in [0, 0.1) is 0 Å². The molecule has 0 spiro atoms. The van der Waals surface area contributed by atoms with Crippen LogP contribution < -0.4 is 4.74 Å². The van der Waals surface area contributed by atoms with Crippen LogP contribution in [0.4, 0.5) is 0 Å². The molecular weight excluding hydrogens is 364 g/mol. The van der Waals surface area contributed by atoms with Crippen molar-refractivity contribution in [3.05, 3.63) is 70.8 Å². The maximum Gasteiger partial charge on any atom is 0.248 e. The number of allylic oxidation sites excluding steroid dienone is 1. The molecule has 29 heavy (non-hydrogen) atoms. The summed E-state index contributed by atoms with van der Waals surface area (Å²) in [5.74, 6) is 0.808. The summed E-state index contributed by atoms with van der Waals surface area (Å²) in [6.45, 7) is 4.29. The third-order valence-electron chi connectivity index (χ3n) is 5.36. The fourth-order valence-corrected chi connectivity index (χ4v) is 3.91. The van der Waals surface area contributed by atoms with Crippen molar-refractivity contribution in [3.63, 3.8) is 0 Å². The van der Waals surface area contributed by atoms with Crippen molar-refractivity contribution in [2.45, 2.75) is 26.4 Å². The van der Waals surface area contributed by atoms with E-state index in [0.717, 1.165) is 47.7 Å². The number of carbonyl (C=O) groups excluding carboxylic acids is 1. The zero-order valence-corrected chi connectivity index (χ0v) is 17.0. The first-order valence-electron chi connectivity index (χ1n) is 10.1. The van der Waals surface area contributed by atoms with Crippen LogP contribution in [0.3, 0.4) is 0 Å². The normalized spacial score (nSPS) is 15.8. The molecule has 4 rings (SSSR count). The molecule has 2 aliphatic rings. The molecule has 5 heteroatoms. The molecule has 0 aliphatic carbocycles. The van der Waals surface area contributed by atoms with Gasteiger partial charge < -0.3 is 14.4 Å². The van der Waals surface area contributed by atoms with E-state index >= 15 is 0 Å². The Morgan fingerprint density at radius 3 is 2.86 bits per heavy atom. The summed E-state index contributed by atoms with van der Waals surface area (Å²) in [6, 6.07) is 14.1. The highest BCUT2D eigenvalue weighted by molar-refractivity contribution is 6.15. The average Bonchev–Trinajstić information content (AvgIpc) is 2.93. The van der Waals surface area contributed by atoms with Crippen molar-refractivity contribution in [3.8, 4) is 5.75 Å². The second-order valence-electron chi connectivity index (χ2n) is 7.25. The number of nitrogens with zero attached hydrogens (tertiary/aromatic N) is 2. The summed E-state index contributed by atoms with van der Waals surface area (Å²) in [5, 5.41) is 0. The van der Waals surface area contributed by atoms with Crippen molar-refractivity contribution in [2.24, 2.45) is 4.99 Å². The SMILES string of the molecule is CCCOCc1cccc2c1CCN1C(=O)CN=C(c3cccc(OC)c3)C=C21. The quantitative estimate of drug-likeness (QED) is 0.704. The van der Waals surface area contributed by atoms with Crippen molar-refractivity contribution < 1.29 is 14.3 Å². The first kappa shape index (κ1) is 19.4. The first-order valence-corrected chi connectivity index (χ1v) is 10.1. The maximum atomic E-state index is 12.8. The van der Waals surface area contributed by atoms with Crippen molar-refractivity contribution >= 4 is 17.3 Å². The average molecular weight is 390 g/mol. The van der Waals surface area contributed by atoms with Crippen molar-refractivity contribution in [2.75, 3.05) is 26.8 Å². The van der Waals surface area contributed by atoms with E-state index in [1.165, 1.54) is 11.1 Å². The maximum absolute atomic E-state index is 12.8. The Labute approximate surface area is 171 Å². The van der Waals surface area contributed by atoms with Crippen LogP contribution >= 0.6 is 0 Å². The minimum Gasteiger partial charge on any atom is -0.497 e. The summed E-state index contributed by atoms with van der Waals surface area (Å²) in [4.78, 5) is 19.3. The molecule has 0 radical (unpaired) electrons. The number of rotatable bonds is 6. The number of benzene rings is 2. The van der Waals surface area contributed by atoms with Crippen LogP contribution in [-0.4, -0.2) is 43.3 Å². The summed E-state index contributed by atoms with van der Waals surface area (Å²) in [6.07, 6.45) is 3.87. The second-order valence-corrected chi connectivity index (χ2v) is 7.25. The Balaban J connectivity index is 1.75. The highest BCUT2D eigenvalue weighted by Gasteiger charge is 2.29. The van der Waals surface area contributed by atoms with Gasteiger partial charge in [-0.1, -0.05) is 37.3 Å². The van der Waals surface area contributed by atoms with Crippen molar-refractivity contribution in [1.29, 1.82) is 0 Å². The van der Waals surface area contributed by atoms with E-state index in [9.17, 15) is 4.79 Å². The van der Waals surface area contributed by atoms with Crippen LogP contribution in [0.2, 0.25) is 0 Å². The monoisotopic (exact) mass is 390 g/mol. The number of aliphatic imine (C=N–C) groups is 1. The van der Waals surface area contributed by atoms with Crippen LogP contribution in [0.1, 0.15) is 35.6 Å². The third kappa shape index (κ3) is 3.96. The zero-order valence-electron chi connectivity index (χ0n) is 17.0. The van der Waals surface area contributed by atoms with Crippen LogP contribution in [0.5, 0.6) is 5.75 Å². The lowest BCUT2D eigenvalue weighted by Crippen LogP contribution is -2.36. The predicted molar refractivity (Wildman–Crippen MR) is 114 cm³/mol. The highest BCUT2D eigenvalue weighted by atomic mass is 16.5. The van der Waals surface area contributed by atoms with Gasteiger partial charge in [0, 0.05) is 24.3 Å². The molecule has 5 nitrogen and oxygen atoms in total. The van der Waals surface area contributed by atoms with Gasteiger partial charge in [-0.2, -0.15) is 0 Å². The summed E-state index contributed by atoms with van der Waals surface area (Å²) >= 11 is 0. The predicted octanol–water partition coefficient (Wildman–Crippen LogP) is 3.85. The number of fused-ring (bicyclic) bond motifs is 3. The molecule has 0 N–H and O–H groups in total. The lowest BCUT2D eigenvalue weighted by molar-refractivity contribution is -0.126. The minimum absolute atomic E-state index is 0.0347. The highest BCUT2D eigenvalue weighted by Crippen LogP contribution is 2.33. The van der Waals surface area contributed by atoms with Crippen LogP contribution in [0.15, 0.2) is 53.5 Å². The van der Waals surface area contributed by atoms with E-state index in [2.05, 4.69) is 24.0 Å². The van der Waals surface area contributed by atoms with Crippen molar-refractivity contribution in [1.82, 2.24) is 4.90 Å². The van der Waals surface area contributed by atoms with E-state index in [1.807, 2.05) is 41.3 Å². The summed E-state index contributed by atoms with van der Waals surface area (Å²) in [7, 11) is 1.65. The molecule has 2 heterocycles. The van der Waals surface area contributed by atoms with E-state index in [1.54, 1.807) is 7.11 Å². The molecule has 0 saturated heterocycles. The number of amides is 1.